The number of rotatable bonds is 3. The molecular formula is C12H12F4N2. The smallest absolute Gasteiger partial charge is 0.347 e. The molecule has 0 fully saturated rings. The summed E-state index contributed by atoms with van der Waals surface area (Å²) in [7, 11) is 0. The van der Waals surface area contributed by atoms with Crippen LogP contribution in [0, 0.1) is 11.7 Å². The summed E-state index contributed by atoms with van der Waals surface area (Å²) in [5, 5.41) is 0.703. The van der Waals surface area contributed by atoms with Gasteiger partial charge < -0.3 is 10.3 Å². The zero-order chi connectivity index (χ0) is 13.3. The van der Waals surface area contributed by atoms with Crippen molar-refractivity contribution in [2.45, 2.75) is 12.7 Å². The van der Waals surface area contributed by atoms with E-state index in [1.54, 1.807) is 6.07 Å². The van der Waals surface area contributed by atoms with Crippen LogP contribution in [0.5, 0.6) is 0 Å². The van der Waals surface area contributed by atoms with Gasteiger partial charge in [0.15, 0.2) is 0 Å². The van der Waals surface area contributed by atoms with Crippen molar-refractivity contribution in [3.63, 3.8) is 0 Å². The maximum atomic E-state index is 13.1. The van der Waals surface area contributed by atoms with Crippen LogP contribution in [0.15, 0.2) is 30.5 Å². The molecule has 0 aliphatic rings. The molecule has 0 saturated heterocycles. The van der Waals surface area contributed by atoms with E-state index in [9.17, 15) is 17.6 Å². The average Bonchev–Trinajstić information content (AvgIpc) is 2.66. The number of hydrogen-bond donors (Lipinski definition) is 1. The van der Waals surface area contributed by atoms with Crippen LogP contribution in [-0.2, 0) is 6.54 Å². The molecule has 2 nitrogen and oxygen atoms in total. The molecule has 0 saturated carbocycles. The van der Waals surface area contributed by atoms with Crippen molar-refractivity contribution >= 4 is 10.9 Å². The van der Waals surface area contributed by atoms with Gasteiger partial charge in [0.2, 0.25) is 0 Å². The quantitative estimate of drug-likeness (QED) is 0.845. The van der Waals surface area contributed by atoms with Crippen molar-refractivity contribution in [2.24, 2.45) is 11.7 Å². The molecule has 2 aromatic rings. The van der Waals surface area contributed by atoms with Crippen molar-refractivity contribution in [1.82, 2.24) is 4.57 Å². The number of nitrogens with zero attached hydrogens (tertiary/aromatic N) is 1. The second-order valence-corrected chi connectivity index (χ2v) is 4.15. The molecule has 2 N–H and O–H groups in total. The third kappa shape index (κ3) is 2.48. The number of benzene rings is 1. The molecule has 0 amide bonds. The van der Waals surface area contributed by atoms with Gasteiger partial charge in [0.25, 0.3) is 0 Å². The first-order valence-electron chi connectivity index (χ1n) is 5.43. The van der Waals surface area contributed by atoms with Gasteiger partial charge in [-0.05, 0) is 29.7 Å². The molecular weight excluding hydrogens is 248 g/mol. The lowest BCUT2D eigenvalue weighted by atomic mass is 10.1. The van der Waals surface area contributed by atoms with Gasteiger partial charge in [0.05, 0.1) is 11.4 Å². The summed E-state index contributed by atoms with van der Waals surface area (Å²) in [5.74, 6) is -2.10. The number of aromatic nitrogens is 1. The predicted octanol–water partition coefficient (Wildman–Crippen LogP) is 2.92. The van der Waals surface area contributed by atoms with Gasteiger partial charge >= 0.3 is 6.18 Å². The van der Waals surface area contributed by atoms with Crippen molar-refractivity contribution in [3.8, 4) is 0 Å². The van der Waals surface area contributed by atoms with Gasteiger partial charge in [-0.15, -0.1) is 0 Å². The molecule has 0 bridgehead atoms. The molecule has 1 aromatic carbocycles. The van der Waals surface area contributed by atoms with E-state index in [4.69, 9.17) is 5.73 Å². The summed E-state index contributed by atoms with van der Waals surface area (Å²) >= 11 is 0. The zero-order valence-electron chi connectivity index (χ0n) is 9.41. The first-order chi connectivity index (χ1) is 8.41. The van der Waals surface area contributed by atoms with Crippen LogP contribution in [0.3, 0.4) is 0 Å². The summed E-state index contributed by atoms with van der Waals surface area (Å²) in [4.78, 5) is 0. The Bertz CT molecular complexity index is 544. The van der Waals surface area contributed by atoms with Gasteiger partial charge in [0.1, 0.15) is 5.82 Å². The Balaban J connectivity index is 2.34. The maximum absolute atomic E-state index is 13.1. The Hall–Kier alpha value is -1.56. The minimum atomic E-state index is -4.35. The van der Waals surface area contributed by atoms with E-state index in [1.807, 2.05) is 0 Å². The molecule has 1 atom stereocenters. The van der Waals surface area contributed by atoms with Crippen molar-refractivity contribution in [1.29, 1.82) is 0 Å². The molecule has 2 rings (SSSR count). The van der Waals surface area contributed by atoms with Crippen molar-refractivity contribution < 1.29 is 17.6 Å². The average molecular weight is 260 g/mol. The fraction of sp³-hybridized carbons (Fsp3) is 0.333. The molecule has 98 valence electrons. The Morgan fingerprint density at radius 2 is 1.94 bits per heavy atom. The minimum Gasteiger partial charge on any atom is -0.347 e. The molecule has 18 heavy (non-hydrogen) atoms. The van der Waals surface area contributed by atoms with Gasteiger partial charge in [-0.2, -0.15) is 13.2 Å². The summed E-state index contributed by atoms with van der Waals surface area (Å²) in [6, 6.07) is 5.68. The highest BCUT2D eigenvalue weighted by molar-refractivity contribution is 5.80. The van der Waals surface area contributed by atoms with Crippen LogP contribution in [0.4, 0.5) is 17.6 Å². The summed E-state index contributed by atoms with van der Waals surface area (Å²) in [6.45, 7) is -0.786. The van der Waals surface area contributed by atoms with Gasteiger partial charge in [-0.25, -0.2) is 4.39 Å². The van der Waals surface area contributed by atoms with Crippen LogP contribution >= 0.6 is 0 Å². The molecule has 1 aromatic heterocycles. The second kappa shape index (κ2) is 4.61. The monoisotopic (exact) mass is 260 g/mol. The van der Waals surface area contributed by atoms with Crippen LogP contribution in [0.2, 0.25) is 0 Å². The largest absolute Gasteiger partial charge is 0.394 e. The fourth-order valence-corrected chi connectivity index (χ4v) is 1.87. The highest BCUT2D eigenvalue weighted by atomic mass is 19.4. The van der Waals surface area contributed by atoms with E-state index in [0.29, 0.717) is 10.9 Å². The Morgan fingerprint density at radius 1 is 1.22 bits per heavy atom. The second-order valence-electron chi connectivity index (χ2n) is 4.15. The maximum Gasteiger partial charge on any atom is 0.394 e. The third-order valence-corrected chi connectivity index (χ3v) is 2.90. The Morgan fingerprint density at radius 3 is 2.56 bits per heavy atom. The highest BCUT2D eigenvalue weighted by Crippen LogP contribution is 2.28. The molecule has 0 aliphatic carbocycles. The third-order valence-electron chi connectivity index (χ3n) is 2.90. The molecule has 6 heteroatoms. The van der Waals surface area contributed by atoms with E-state index < -0.39 is 24.5 Å². The fourth-order valence-electron chi connectivity index (χ4n) is 1.87. The van der Waals surface area contributed by atoms with Crippen LogP contribution < -0.4 is 5.73 Å². The van der Waals surface area contributed by atoms with Crippen molar-refractivity contribution in [3.05, 3.63) is 36.3 Å². The summed E-state index contributed by atoms with van der Waals surface area (Å²) < 4.78 is 52.3. The van der Waals surface area contributed by atoms with E-state index in [2.05, 4.69) is 0 Å². The number of fused-ring (bicyclic) bond motifs is 1. The number of nitrogens with two attached hydrogens (primary N) is 1. The lowest BCUT2D eigenvalue weighted by molar-refractivity contribution is -0.174. The summed E-state index contributed by atoms with van der Waals surface area (Å²) in [6.07, 6.45) is -2.84. The van der Waals surface area contributed by atoms with E-state index in [0.717, 1.165) is 0 Å². The normalized spacial score (nSPS) is 14.1. The molecule has 1 heterocycles. The molecule has 0 radical (unpaired) electrons. The number of hydrogen-bond acceptors (Lipinski definition) is 1. The van der Waals surface area contributed by atoms with Crippen LogP contribution in [0.25, 0.3) is 10.9 Å². The van der Waals surface area contributed by atoms with Gasteiger partial charge in [0, 0.05) is 19.3 Å². The first-order valence-corrected chi connectivity index (χ1v) is 5.43. The summed E-state index contributed by atoms with van der Waals surface area (Å²) in [5.41, 5.74) is 5.58. The lowest BCUT2D eigenvalue weighted by Crippen LogP contribution is -2.33. The topological polar surface area (TPSA) is 30.9 Å². The van der Waals surface area contributed by atoms with Gasteiger partial charge in [-0.3, -0.25) is 0 Å². The van der Waals surface area contributed by atoms with E-state index in [1.165, 1.54) is 29.0 Å². The van der Waals surface area contributed by atoms with Crippen molar-refractivity contribution in [2.75, 3.05) is 6.54 Å². The number of halogens is 4. The predicted molar refractivity (Wildman–Crippen MR) is 60.5 cm³/mol. The lowest BCUT2D eigenvalue weighted by Gasteiger charge is -2.19. The Kier molecular flexibility index (Phi) is 3.30. The van der Waals surface area contributed by atoms with E-state index in [-0.39, 0.29) is 6.54 Å². The molecule has 0 aliphatic heterocycles. The first kappa shape index (κ1) is 12.9. The van der Waals surface area contributed by atoms with Crippen LogP contribution in [0.1, 0.15) is 0 Å². The molecule has 1 unspecified atom stereocenters. The highest BCUT2D eigenvalue weighted by Gasteiger charge is 2.38. The van der Waals surface area contributed by atoms with Gasteiger partial charge in [-0.1, -0.05) is 0 Å². The SMILES string of the molecule is NCC(Cn1ccc2ccc(F)cc21)C(F)(F)F. The van der Waals surface area contributed by atoms with Crippen LogP contribution in [-0.4, -0.2) is 17.3 Å². The number of alkyl halides is 3. The molecule has 0 spiro atoms. The minimum absolute atomic E-state index is 0.299. The standard InChI is InChI=1S/C12H12F4N2/c13-10-2-1-8-3-4-18(11(8)5-10)7-9(6-17)12(14,15)16/h1-5,9H,6-7,17H2. The Labute approximate surface area is 101 Å². The zero-order valence-corrected chi connectivity index (χ0v) is 9.41. The van der Waals surface area contributed by atoms with E-state index >= 15 is 0 Å².